The van der Waals surface area contributed by atoms with Crippen molar-refractivity contribution < 1.29 is 4.39 Å². The number of thiazole rings is 1. The fourth-order valence-electron chi connectivity index (χ4n) is 4.33. The lowest BCUT2D eigenvalue weighted by Crippen LogP contribution is -2.31. The number of nitrogens with zero attached hydrogens (tertiary/aromatic N) is 4. The highest BCUT2D eigenvalue weighted by Crippen LogP contribution is 2.43. The monoisotopic (exact) mass is 471 g/mol. The molecule has 1 aliphatic heterocycles. The zero-order valence-corrected chi connectivity index (χ0v) is 18.9. The molecule has 0 aliphatic carbocycles. The number of para-hydroxylation sites is 2. The number of fused-ring (bicyclic) bond motifs is 1. The van der Waals surface area contributed by atoms with Gasteiger partial charge >= 0.3 is 0 Å². The van der Waals surface area contributed by atoms with Gasteiger partial charge in [-0.05, 0) is 60.7 Å². The van der Waals surface area contributed by atoms with E-state index >= 15 is 0 Å². The third kappa shape index (κ3) is 3.39. The number of pyridine rings is 1. The van der Waals surface area contributed by atoms with Gasteiger partial charge in [-0.3, -0.25) is 9.55 Å². The van der Waals surface area contributed by atoms with E-state index in [-0.39, 0.29) is 17.9 Å². The Morgan fingerprint density at radius 3 is 2.58 bits per heavy atom. The molecular formula is C25H18FN5S2. The van der Waals surface area contributed by atoms with Crippen LogP contribution in [0.4, 0.5) is 10.1 Å². The normalized spacial score (nSPS) is 18.1. The van der Waals surface area contributed by atoms with Crippen molar-refractivity contribution in [2.24, 2.45) is 0 Å². The summed E-state index contributed by atoms with van der Waals surface area (Å²) in [5.41, 5.74) is 3.15. The lowest BCUT2D eigenvalue weighted by molar-refractivity contribution is 0.541. The van der Waals surface area contributed by atoms with Crippen molar-refractivity contribution in [2.45, 2.75) is 12.1 Å². The van der Waals surface area contributed by atoms with Crippen LogP contribution in [0.25, 0.3) is 15.3 Å². The van der Waals surface area contributed by atoms with Crippen LogP contribution in [0.15, 0.2) is 91.3 Å². The van der Waals surface area contributed by atoms with Gasteiger partial charge < -0.3 is 10.2 Å². The van der Waals surface area contributed by atoms with E-state index in [0.29, 0.717) is 10.8 Å². The van der Waals surface area contributed by atoms with Crippen LogP contribution in [-0.4, -0.2) is 19.6 Å². The minimum Gasteiger partial charge on any atom is -0.351 e. The first kappa shape index (κ1) is 20.0. The summed E-state index contributed by atoms with van der Waals surface area (Å²) in [5.74, 6) is -0.327. The maximum absolute atomic E-state index is 15.0. The van der Waals surface area contributed by atoms with Crippen molar-refractivity contribution in [3.8, 4) is 5.13 Å². The summed E-state index contributed by atoms with van der Waals surface area (Å²) in [4.78, 5) is 11.3. The lowest BCUT2D eigenvalue weighted by atomic mass is 10.0. The Balaban J connectivity index is 1.53. The molecule has 0 spiro atoms. The molecule has 3 aromatic heterocycles. The van der Waals surface area contributed by atoms with Crippen LogP contribution in [0.1, 0.15) is 23.5 Å². The van der Waals surface area contributed by atoms with Crippen molar-refractivity contribution in [1.29, 1.82) is 0 Å². The molecule has 0 radical (unpaired) electrons. The summed E-state index contributed by atoms with van der Waals surface area (Å²) in [7, 11) is 0. The molecule has 1 N–H and O–H groups in total. The van der Waals surface area contributed by atoms with Crippen LogP contribution in [0.5, 0.6) is 0 Å². The SMILES string of the molecule is Fc1ccccc1N1C(=S)NC(c2ccccn2)C1c1cccn1-c1nc2ccccc2s1. The Hall–Kier alpha value is -3.62. The smallest absolute Gasteiger partial charge is 0.194 e. The number of halogens is 1. The summed E-state index contributed by atoms with van der Waals surface area (Å²) in [5, 5.41) is 4.69. The predicted octanol–water partition coefficient (Wildman–Crippen LogP) is 5.80. The molecule has 4 heterocycles. The predicted molar refractivity (Wildman–Crippen MR) is 133 cm³/mol. The largest absolute Gasteiger partial charge is 0.351 e. The van der Waals surface area contributed by atoms with E-state index in [1.807, 2.05) is 65.7 Å². The van der Waals surface area contributed by atoms with Crippen LogP contribution in [0.3, 0.4) is 0 Å². The van der Waals surface area contributed by atoms with Crippen molar-refractivity contribution in [1.82, 2.24) is 19.9 Å². The number of aromatic nitrogens is 3. The molecule has 0 saturated carbocycles. The number of anilines is 1. The van der Waals surface area contributed by atoms with Gasteiger partial charge in [0.05, 0.1) is 33.3 Å². The van der Waals surface area contributed by atoms with Crippen LogP contribution < -0.4 is 10.2 Å². The standard InChI is InChI=1S/C25H18FN5S2/c26-16-8-1-3-11-19(16)31-23(22(29-24(31)32)18-10-5-6-14-27-18)20-12-7-15-30(20)25-28-17-9-2-4-13-21(17)33-25/h1-15,22-23H,(H,29,32). The first-order chi connectivity index (χ1) is 16.2. The van der Waals surface area contributed by atoms with Gasteiger partial charge in [0.25, 0.3) is 0 Å². The zero-order chi connectivity index (χ0) is 22.4. The van der Waals surface area contributed by atoms with Crippen molar-refractivity contribution >= 4 is 44.6 Å². The van der Waals surface area contributed by atoms with E-state index in [1.54, 1.807) is 29.7 Å². The Morgan fingerprint density at radius 2 is 1.76 bits per heavy atom. The van der Waals surface area contributed by atoms with E-state index in [0.717, 1.165) is 26.7 Å². The fourth-order valence-corrected chi connectivity index (χ4v) is 5.64. The van der Waals surface area contributed by atoms with Gasteiger partial charge in [0, 0.05) is 12.4 Å². The maximum Gasteiger partial charge on any atom is 0.194 e. The van der Waals surface area contributed by atoms with Gasteiger partial charge in [-0.1, -0.05) is 41.7 Å². The molecule has 1 aliphatic rings. The van der Waals surface area contributed by atoms with Gasteiger partial charge in [0.2, 0.25) is 0 Å². The van der Waals surface area contributed by atoms with Crippen molar-refractivity contribution in [3.63, 3.8) is 0 Å². The summed E-state index contributed by atoms with van der Waals surface area (Å²) < 4.78 is 18.1. The summed E-state index contributed by atoms with van der Waals surface area (Å²) in [6.07, 6.45) is 3.75. The summed E-state index contributed by atoms with van der Waals surface area (Å²) in [6, 6.07) is 24.0. The molecule has 6 rings (SSSR count). The quantitative estimate of drug-likeness (QED) is 0.336. The highest BCUT2D eigenvalue weighted by molar-refractivity contribution is 7.80. The van der Waals surface area contributed by atoms with E-state index < -0.39 is 0 Å². The molecule has 1 saturated heterocycles. The molecule has 8 heteroatoms. The average Bonchev–Trinajstić information content (AvgIpc) is 3.56. The topological polar surface area (TPSA) is 46.0 Å². The second-order valence-electron chi connectivity index (χ2n) is 7.72. The number of hydrogen-bond donors (Lipinski definition) is 1. The third-order valence-electron chi connectivity index (χ3n) is 5.78. The average molecular weight is 472 g/mol. The first-order valence-electron chi connectivity index (χ1n) is 10.5. The first-order valence-corrected chi connectivity index (χ1v) is 11.7. The van der Waals surface area contributed by atoms with E-state index in [1.165, 1.54) is 6.07 Å². The molecule has 33 heavy (non-hydrogen) atoms. The molecule has 5 aromatic rings. The Kier molecular flexibility index (Phi) is 4.89. The Bertz CT molecular complexity index is 1430. The number of benzene rings is 2. The summed E-state index contributed by atoms with van der Waals surface area (Å²) >= 11 is 7.34. The van der Waals surface area contributed by atoms with Crippen LogP contribution >= 0.6 is 23.6 Å². The van der Waals surface area contributed by atoms with E-state index in [9.17, 15) is 4.39 Å². The fraction of sp³-hybridized carbons (Fsp3) is 0.0800. The molecule has 1 fully saturated rings. The molecule has 0 amide bonds. The third-order valence-corrected chi connectivity index (χ3v) is 7.13. The second kappa shape index (κ2) is 8.06. The Labute approximate surface area is 199 Å². The number of rotatable bonds is 4. The van der Waals surface area contributed by atoms with Crippen LogP contribution in [-0.2, 0) is 0 Å². The molecule has 5 nitrogen and oxygen atoms in total. The van der Waals surface area contributed by atoms with Gasteiger partial charge in [0.1, 0.15) is 11.9 Å². The van der Waals surface area contributed by atoms with Gasteiger partial charge in [-0.15, -0.1) is 0 Å². The Morgan fingerprint density at radius 1 is 0.939 bits per heavy atom. The molecule has 162 valence electrons. The molecular weight excluding hydrogens is 453 g/mol. The second-order valence-corrected chi connectivity index (χ2v) is 9.11. The highest BCUT2D eigenvalue weighted by atomic mass is 32.1. The van der Waals surface area contributed by atoms with Crippen molar-refractivity contribution in [2.75, 3.05) is 4.90 Å². The van der Waals surface area contributed by atoms with Gasteiger partial charge in [-0.2, -0.15) is 0 Å². The molecule has 2 atom stereocenters. The summed E-state index contributed by atoms with van der Waals surface area (Å²) in [6.45, 7) is 0. The lowest BCUT2D eigenvalue weighted by Gasteiger charge is -2.28. The maximum atomic E-state index is 15.0. The van der Waals surface area contributed by atoms with Gasteiger partial charge in [0.15, 0.2) is 10.2 Å². The highest BCUT2D eigenvalue weighted by Gasteiger charge is 2.43. The van der Waals surface area contributed by atoms with E-state index in [2.05, 4.69) is 20.9 Å². The number of thiocarbonyl (C=S) groups is 1. The molecule has 2 unspecified atom stereocenters. The number of hydrogen-bond acceptors (Lipinski definition) is 4. The van der Waals surface area contributed by atoms with E-state index in [4.69, 9.17) is 17.2 Å². The molecule has 2 aromatic carbocycles. The van der Waals surface area contributed by atoms with Gasteiger partial charge in [-0.25, -0.2) is 9.37 Å². The molecule has 0 bridgehead atoms. The number of nitrogens with one attached hydrogen (secondary N) is 1. The van der Waals surface area contributed by atoms with Crippen molar-refractivity contribution in [3.05, 3.63) is 108 Å². The minimum absolute atomic E-state index is 0.263. The zero-order valence-electron chi connectivity index (χ0n) is 17.3. The van der Waals surface area contributed by atoms with Crippen LogP contribution in [0.2, 0.25) is 0 Å². The van der Waals surface area contributed by atoms with Crippen LogP contribution in [0, 0.1) is 5.82 Å². The minimum atomic E-state index is -0.327.